The zero-order valence-corrected chi connectivity index (χ0v) is 13.9. The van der Waals surface area contributed by atoms with Crippen molar-refractivity contribution >= 4 is 17.5 Å². The largest absolute Gasteiger partial charge is 0.497 e. The number of ether oxygens (including phenoxy) is 1. The van der Waals surface area contributed by atoms with Crippen LogP contribution in [0.15, 0.2) is 30.3 Å². The molecule has 1 aromatic rings. The molecule has 0 radical (unpaired) electrons. The molecule has 1 fully saturated rings. The molecule has 0 spiro atoms. The smallest absolute Gasteiger partial charge is 0.245 e. The molecule has 128 valence electrons. The molecule has 6 heteroatoms. The third-order valence-electron chi connectivity index (χ3n) is 4.46. The molecule has 2 amide bonds. The number of methoxy groups -OCH3 is 1. The molecule has 0 unspecified atom stereocenters. The van der Waals surface area contributed by atoms with Gasteiger partial charge in [-0.3, -0.25) is 15.0 Å². The number of nitrogens with one attached hydrogen (secondary N) is 2. The highest BCUT2D eigenvalue weighted by Gasteiger charge is 2.24. The van der Waals surface area contributed by atoms with E-state index in [1.165, 1.54) is 5.01 Å². The van der Waals surface area contributed by atoms with Gasteiger partial charge in [0.05, 0.1) is 12.8 Å². The molecular weight excluding hydrogens is 306 g/mol. The second kappa shape index (κ2) is 7.38. The fraction of sp³-hybridized carbons (Fsp3) is 0.444. The summed E-state index contributed by atoms with van der Waals surface area (Å²) >= 11 is 0. The van der Waals surface area contributed by atoms with Crippen molar-refractivity contribution in [3.8, 4) is 5.75 Å². The molecule has 0 aromatic heterocycles. The Labute approximate surface area is 141 Å². The molecule has 6 nitrogen and oxygen atoms in total. The fourth-order valence-electron chi connectivity index (χ4n) is 3.12. The number of carbonyl (C=O) groups excluding carboxylic acids is 2. The number of rotatable bonds is 5. The Morgan fingerprint density at radius 1 is 1.29 bits per heavy atom. The van der Waals surface area contributed by atoms with Crippen LogP contribution < -0.4 is 15.5 Å². The zero-order chi connectivity index (χ0) is 16.9. The SMILES string of the molecule is COc1ccc(C2=CCC(=O)N(CC(=O)NC3CCCC3)N2)cc1. The van der Waals surface area contributed by atoms with E-state index >= 15 is 0 Å². The van der Waals surface area contributed by atoms with Gasteiger partial charge in [-0.1, -0.05) is 12.8 Å². The van der Waals surface area contributed by atoms with Crippen LogP contribution in [-0.2, 0) is 9.59 Å². The van der Waals surface area contributed by atoms with Crippen molar-refractivity contribution in [3.63, 3.8) is 0 Å². The molecular formula is C18H23N3O3. The van der Waals surface area contributed by atoms with E-state index in [-0.39, 0.29) is 30.8 Å². The lowest BCUT2D eigenvalue weighted by Gasteiger charge is -2.29. The van der Waals surface area contributed by atoms with Gasteiger partial charge in [-0.2, -0.15) is 0 Å². The van der Waals surface area contributed by atoms with Crippen molar-refractivity contribution in [3.05, 3.63) is 35.9 Å². The molecule has 0 bridgehead atoms. The molecule has 1 aliphatic heterocycles. The summed E-state index contributed by atoms with van der Waals surface area (Å²) in [6, 6.07) is 7.83. The topological polar surface area (TPSA) is 70.7 Å². The van der Waals surface area contributed by atoms with Gasteiger partial charge in [0.2, 0.25) is 11.8 Å². The van der Waals surface area contributed by atoms with Gasteiger partial charge < -0.3 is 10.1 Å². The summed E-state index contributed by atoms with van der Waals surface area (Å²) < 4.78 is 5.15. The number of carbonyl (C=O) groups is 2. The molecule has 1 saturated carbocycles. The summed E-state index contributed by atoms with van der Waals surface area (Å²) in [5.74, 6) is 0.562. The minimum atomic E-state index is -0.112. The maximum atomic E-state index is 12.2. The molecule has 0 atom stereocenters. The molecule has 1 aromatic carbocycles. The second-order valence-electron chi connectivity index (χ2n) is 6.19. The van der Waals surface area contributed by atoms with E-state index in [2.05, 4.69) is 10.7 Å². The predicted molar refractivity (Wildman–Crippen MR) is 90.8 cm³/mol. The lowest BCUT2D eigenvalue weighted by Crippen LogP contribution is -2.50. The standard InChI is InChI=1S/C18H23N3O3/c1-24-15-8-6-13(7-9-15)16-10-11-18(23)21(20-16)12-17(22)19-14-4-2-3-5-14/h6-10,14,20H,2-5,11-12H2,1H3,(H,19,22). The first-order valence-electron chi connectivity index (χ1n) is 8.36. The maximum absolute atomic E-state index is 12.2. The van der Waals surface area contributed by atoms with Gasteiger partial charge in [0.1, 0.15) is 12.3 Å². The Kier molecular flexibility index (Phi) is 5.03. The first kappa shape index (κ1) is 16.4. The Hall–Kier alpha value is -2.50. The maximum Gasteiger partial charge on any atom is 0.245 e. The molecule has 2 N–H and O–H groups in total. The first-order chi connectivity index (χ1) is 11.7. The minimum Gasteiger partial charge on any atom is -0.497 e. The Balaban J connectivity index is 1.61. The highest BCUT2D eigenvalue weighted by atomic mass is 16.5. The van der Waals surface area contributed by atoms with Crippen LogP contribution in [0.4, 0.5) is 0 Å². The summed E-state index contributed by atoms with van der Waals surface area (Å²) in [6.07, 6.45) is 6.52. The van der Waals surface area contributed by atoms with E-state index in [1.54, 1.807) is 7.11 Å². The van der Waals surface area contributed by atoms with Crippen LogP contribution in [-0.4, -0.2) is 36.5 Å². The van der Waals surface area contributed by atoms with E-state index in [4.69, 9.17) is 4.74 Å². The lowest BCUT2D eigenvalue weighted by atomic mass is 10.1. The predicted octanol–water partition coefficient (Wildman–Crippen LogP) is 1.83. The highest BCUT2D eigenvalue weighted by Crippen LogP contribution is 2.21. The zero-order valence-electron chi connectivity index (χ0n) is 13.9. The van der Waals surface area contributed by atoms with Gasteiger partial charge in [-0.25, -0.2) is 5.01 Å². The third kappa shape index (κ3) is 3.88. The first-order valence-corrected chi connectivity index (χ1v) is 8.36. The number of hydrogen-bond acceptors (Lipinski definition) is 4. The number of hydrogen-bond donors (Lipinski definition) is 2. The Morgan fingerprint density at radius 2 is 2.00 bits per heavy atom. The van der Waals surface area contributed by atoms with E-state index in [0.29, 0.717) is 0 Å². The molecule has 1 aliphatic carbocycles. The van der Waals surface area contributed by atoms with Gasteiger partial charge >= 0.3 is 0 Å². The van der Waals surface area contributed by atoms with Crippen molar-refractivity contribution < 1.29 is 14.3 Å². The number of hydrazine groups is 1. The highest BCUT2D eigenvalue weighted by molar-refractivity contribution is 5.88. The van der Waals surface area contributed by atoms with Crippen molar-refractivity contribution in [2.75, 3.05) is 13.7 Å². The van der Waals surface area contributed by atoms with E-state index in [9.17, 15) is 9.59 Å². The summed E-state index contributed by atoms with van der Waals surface area (Å²) in [4.78, 5) is 24.2. The van der Waals surface area contributed by atoms with Crippen LogP contribution in [0.3, 0.4) is 0 Å². The summed E-state index contributed by atoms with van der Waals surface area (Å²) in [5.41, 5.74) is 4.83. The van der Waals surface area contributed by atoms with Crippen molar-refractivity contribution in [1.29, 1.82) is 0 Å². The van der Waals surface area contributed by atoms with Crippen LogP contribution in [0, 0.1) is 0 Å². The van der Waals surface area contributed by atoms with Gasteiger partial charge in [0.15, 0.2) is 0 Å². The van der Waals surface area contributed by atoms with Gasteiger partial charge in [-0.15, -0.1) is 0 Å². The molecule has 24 heavy (non-hydrogen) atoms. The van der Waals surface area contributed by atoms with Crippen LogP contribution in [0.25, 0.3) is 5.70 Å². The van der Waals surface area contributed by atoms with E-state index < -0.39 is 0 Å². The normalized spacial score (nSPS) is 18.1. The second-order valence-corrected chi connectivity index (χ2v) is 6.19. The van der Waals surface area contributed by atoms with Crippen molar-refractivity contribution in [2.24, 2.45) is 0 Å². The molecule has 2 aliphatic rings. The summed E-state index contributed by atoms with van der Waals surface area (Å²) in [7, 11) is 1.62. The van der Waals surface area contributed by atoms with Gasteiger partial charge in [0, 0.05) is 12.5 Å². The van der Waals surface area contributed by atoms with Crippen molar-refractivity contribution in [1.82, 2.24) is 15.8 Å². The van der Waals surface area contributed by atoms with Crippen LogP contribution in [0.5, 0.6) is 5.75 Å². The van der Waals surface area contributed by atoms with Crippen LogP contribution in [0.1, 0.15) is 37.7 Å². The quantitative estimate of drug-likeness (QED) is 0.865. The van der Waals surface area contributed by atoms with Crippen LogP contribution >= 0.6 is 0 Å². The summed E-state index contributed by atoms with van der Waals surface area (Å²) in [5, 5.41) is 4.40. The van der Waals surface area contributed by atoms with Crippen molar-refractivity contribution in [2.45, 2.75) is 38.1 Å². The van der Waals surface area contributed by atoms with E-state index in [0.717, 1.165) is 42.7 Å². The van der Waals surface area contributed by atoms with Gasteiger partial charge in [0.25, 0.3) is 0 Å². The van der Waals surface area contributed by atoms with E-state index in [1.807, 2.05) is 30.3 Å². The lowest BCUT2D eigenvalue weighted by molar-refractivity contribution is -0.138. The Morgan fingerprint density at radius 3 is 2.67 bits per heavy atom. The third-order valence-corrected chi connectivity index (χ3v) is 4.46. The number of benzene rings is 1. The fourth-order valence-corrected chi connectivity index (χ4v) is 3.12. The molecule has 3 rings (SSSR count). The average molecular weight is 329 g/mol. The monoisotopic (exact) mass is 329 g/mol. The molecule has 0 saturated heterocycles. The average Bonchev–Trinajstić information content (AvgIpc) is 3.10. The minimum absolute atomic E-state index is 0.0306. The Bertz CT molecular complexity index is 633. The van der Waals surface area contributed by atoms with Gasteiger partial charge in [-0.05, 0) is 48.7 Å². The number of nitrogens with zero attached hydrogens (tertiary/aromatic N) is 1. The van der Waals surface area contributed by atoms with Crippen LogP contribution in [0.2, 0.25) is 0 Å². The summed E-state index contributed by atoms with van der Waals surface area (Å²) in [6.45, 7) is 0.0306. The number of amides is 2. The molecule has 1 heterocycles.